The van der Waals surface area contributed by atoms with Gasteiger partial charge in [0.05, 0.1) is 0 Å². The number of Topliss-reactive ketones (excluding diaryl/α,β-unsaturated/α-hetero) is 1. The number of rotatable bonds is 2. The standard InChI is InChI=1S/C14H18O2/c1-4-5-10-6-11-7-12(15)8(2)9(3)13(11)14(10)16/h7,10,15H,4-6H2,1-3H3/t10-/m1/s1. The Balaban J connectivity index is 2.48. The Labute approximate surface area is 96.3 Å². The van der Waals surface area contributed by atoms with Crippen LogP contribution in [0, 0.1) is 19.8 Å². The van der Waals surface area contributed by atoms with E-state index in [4.69, 9.17) is 0 Å². The van der Waals surface area contributed by atoms with Gasteiger partial charge in [0, 0.05) is 11.5 Å². The molecule has 1 aromatic carbocycles. The Morgan fingerprint density at radius 1 is 1.38 bits per heavy atom. The van der Waals surface area contributed by atoms with Gasteiger partial charge in [0.2, 0.25) is 0 Å². The van der Waals surface area contributed by atoms with Gasteiger partial charge in [-0.3, -0.25) is 4.79 Å². The van der Waals surface area contributed by atoms with Crippen molar-refractivity contribution in [3.8, 4) is 5.75 Å². The molecule has 86 valence electrons. The molecule has 0 amide bonds. The van der Waals surface area contributed by atoms with Gasteiger partial charge in [0.25, 0.3) is 0 Å². The maximum atomic E-state index is 12.2. The highest BCUT2D eigenvalue weighted by Crippen LogP contribution is 2.36. The quantitative estimate of drug-likeness (QED) is 0.827. The normalized spacial score (nSPS) is 18.9. The van der Waals surface area contributed by atoms with Crippen molar-refractivity contribution in [2.75, 3.05) is 0 Å². The maximum absolute atomic E-state index is 12.2. The topological polar surface area (TPSA) is 37.3 Å². The van der Waals surface area contributed by atoms with E-state index in [0.29, 0.717) is 5.75 Å². The SMILES string of the molecule is CCC[C@@H]1Cc2cc(O)c(C)c(C)c2C1=O. The van der Waals surface area contributed by atoms with E-state index in [-0.39, 0.29) is 11.7 Å². The molecule has 0 saturated carbocycles. The molecule has 0 aromatic heterocycles. The molecule has 0 spiro atoms. The molecule has 1 aliphatic rings. The number of phenolic OH excluding ortho intramolecular Hbond substituents is 1. The van der Waals surface area contributed by atoms with Crippen LogP contribution in [-0.4, -0.2) is 10.9 Å². The third-order valence-corrected chi connectivity index (χ3v) is 3.67. The Morgan fingerprint density at radius 3 is 2.69 bits per heavy atom. The van der Waals surface area contributed by atoms with E-state index in [1.807, 2.05) is 13.8 Å². The third-order valence-electron chi connectivity index (χ3n) is 3.67. The van der Waals surface area contributed by atoms with Gasteiger partial charge in [-0.25, -0.2) is 0 Å². The average molecular weight is 218 g/mol. The van der Waals surface area contributed by atoms with Crippen LogP contribution in [0.2, 0.25) is 0 Å². The second-order valence-corrected chi connectivity index (χ2v) is 4.73. The molecular formula is C14H18O2. The number of carbonyl (C=O) groups excluding carboxylic acids is 1. The minimum absolute atomic E-state index is 0.139. The molecule has 2 nitrogen and oxygen atoms in total. The third kappa shape index (κ3) is 1.53. The van der Waals surface area contributed by atoms with Gasteiger partial charge < -0.3 is 5.11 Å². The summed E-state index contributed by atoms with van der Waals surface area (Å²) in [7, 11) is 0. The van der Waals surface area contributed by atoms with Crippen molar-refractivity contribution in [2.45, 2.75) is 40.0 Å². The Bertz CT molecular complexity index is 447. The van der Waals surface area contributed by atoms with Crippen LogP contribution in [0.5, 0.6) is 5.75 Å². The number of phenols is 1. The molecule has 2 rings (SSSR count). The second kappa shape index (κ2) is 3.93. The summed E-state index contributed by atoms with van der Waals surface area (Å²) >= 11 is 0. The van der Waals surface area contributed by atoms with Crippen molar-refractivity contribution in [3.05, 3.63) is 28.3 Å². The average Bonchev–Trinajstić information content (AvgIpc) is 2.53. The first-order valence-corrected chi connectivity index (χ1v) is 5.92. The smallest absolute Gasteiger partial charge is 0.166 e. The van der Waals surface area contributed by atoms with E-state index in [1.54, 1.807) is 6.07 Å². The van der Waals surface area contributed by atoms with Crippen LogP contribution in [-0.2, 0) is 6.42 Å². The number of hydrogen-bond acceptors (Lipinski definition) is 2. The lowest BCUT2D eigenvalue weighted by Gasteiger charge is -2.08. The van der Waals surface area contributed by atoms with Gasteiger partial charge in [0.1, 0.15) is 5.75 Å². The predicted octanol–water partition coefficient (Wildman–Crippen LogP) is 3.16. The van der Waals surface area contributed by atoms with E-state index in [9.17, 15) is 9.90 Å². The summed E-state index contributed by atoms with van der Waals surface area (Å²) in [5.41, 5.74) is 3.70. The minimum Gasteiger partial charge on any atom is -0.508 e. The molecule has 1 aromatic rings. The molecule has 0 heterocycles. The maximum Gasteiger partial charge on any atom is 0.166 e. The summed E-state index contributed by atoms with van der Waals surface area (Å²) in [6.07, 6.45) is 2.79. The first-order valence-electron chi connectivity index (χ1n) is 5.92. The Hall–Kier alpha value is -1.31. The molecular weight excluding hydrogens is 200 g/mol. The summed E-state index contributed by atoms with van der Waals surface area (Å²) in [6.45, 7) is 5.90. The van der Waals surface area contributed by atoms with Crippen LogP contribution in [0.1, 0.15) is 46.8 Å². The summed E-state index contributed by atoms with van der Waals surface area (Å²) in [5, 5.41) is 9.76. The molecule has 0 aliphatic heterocycles. The lowest BCUT2D eigenvalue weighted by Crippen LogP contribution is -2.09. The zero-order chi connectivity index (χ0) is 11.9. The molecule has 1 aliphatic carbocycles. The van der Waals surface area contributed by atoms with Crippen LogP contribution in [0.4, 0.5) is 0 Å². The van der Waals surface area contributed by atoms with E-state index < -0.39 is 0 Å². The number of benzene rings is 1. The van der Waals surface area contributed by atoms with E-state index in [1.165, 1.54) is 0 Å². The van der Waals surface area contributed by atoms with E-state index in [0.717, 1.165) is 41.5 Å². The molecule has 2 heteroatoms. The Morgan fingerprint density at radius 2 is 2.06 bits per heavy atom. The van der Waals surface area contributed by atoms with Crippen molar-refractivity contribution in [1.29, 1.82) is 0 Å². The number of aromatic hydroxyl groups is 1. The molecule has 0 saturated heterocycles. The summed E-state index contributed by atoms with van der Waals surface area (Å²) in [5.74, 6) is 0.735. The van der Waals surface area contributed by atoms with Crippen LogP contribution in [0.15, 0.2) is 6.07 Å². The van der Waals surface area contributed by atoms with Gasteiger partial charge >= 0.3 is 0 Å². The zero-order valence-corrected chi connectivity index (χ0v) is 10.1. The highest BCUT2D eigenvalue weighted by Gasteiger charge is 2.32. The van der Waals surface area contributed by atoms with Crippen molar-refractivity contribution < 1.29 is 9.90 Å². The fourth-order valence-corrected chi connectivity index (χ4v) is 2.61. The molecule has 1 atom stereocenters. The van der Waals surface area contributed by atoms with Crippen LogP contribution < -0.4 is 0 Å². The van der Waals surface area contributed by atoms with Crippen molar-refractivity contribution in [2.24, 2.45) is 5.92 Å². The highest BCUT2D eigenvalue weighted by molar-refractivity contribution is 6.04. The van der Waals surface area contributed by atoms with Gasteiger partial charge in [-0.05, 0) is 49.4 Å². The zero-order valence-electron chi connectivity index (χ0n) is 10.1. The van der Waals surface area contributed by atoms with Crippen LogP contribution in [0.3, 0.4) is 0 Å². The summed E-state index contributed by atoms with van der Waals surface area (Å²) in [6, 6.07) is 1.77. The molecule has 0 unspecified atom stereocenters. The number of fused-ring (bicyclic) bond motifs is 1. The molecule has 0 radical (unpaired) electrons. The van der Waals surface area contributed by atoms with Crippen molar-refractivity contribution >= 4 is 5.78 Å². The molecule has 16 heavy (non-hydrogen) atoms. The highest BCUT2D eigenvalue weighted by atomic mass is 16.3. The monoisotopic (exact) mass is 218 g/mol. The largest absolute Gasteiger partial charge is 0.508 e. The van der Waals surface area contributed by atoms with Gasteiger partial charge in [-0.15, -0.1) is 0 Å². The van der Waals surface area contributed by atoms with Crippen LogP contribution >= 0.6 is 0 Å². The van der Waals surface area contributed by atoms with E-state index >= 15 is 0 Å². The summed E-state index contributed by atoms with van der Waals surface area (Å²) < 4.78 is 0. The minimum atomic E-state index is 0.139. The Kier molecular flexibility index (Phi) is 2.75. The molecule has 0 fully saturated rings. The second-order valence-electron chi connectivity index (χ2n) is 4.73. The van der Waals surface area contributed by atoms with Crippen molar-refractivity contribution in [1.82, 2.24) is 0 Å². The predicted molar refractivity (Wildman–Crippen MR) is 64.0 cm³/mol. The van der Waals surface area contributed by atoms with Crippen LogP contribution in [0.25, 0.3) is 0 Å². The first-order chi connectivity index (χ1) is 7.56. The fourth-order valence-electron chi connectivity index (χ4n) is 2.61. The lowest BCUT2D eigenvalue weighted by atomic mass is 9.97. The van der Waals surface area contributed by atoms with Gasteiger partial charge in [0.15, 0.2) is 5.78 Å². The van der Waals surface area contributed by atoms with E-state index in [2.05, 4.69) is 6.92 Å². The number of hydrogen-bond donors (Lipinski definition) is 1. The number of carbonyl (C=O) groups is 1. The van der Waals surface area contributed by atoms with Gasteiger partial charge in [-0.2, -0.15) is 0 Å². The molecule has 1 N–H and O–H groups in total. The fraction of sp³-hybridized carbons (Fsp3) is 0.500. The van der Waals surface area contributed by atoms with Gasteiger partial charge in [-0.1, -0.05) is 13.3 Å². The summed E-state index contributed by atoms with van der Waals surface area (Å²) in [4.78, 5) is 12.2. The van der Waals surface area contributed by atoms with Crippen molar-refractivity contribution in [3.63, 3.8) is 0 Å². The number of ketones is 1. The lowest BCUT2D eigenvalue weighted by molar-refractivity contribution is 0.0930. The molecule has 0 bridgehead atoms. The first kappa shape index (κ1) is 11.2.